The number of hydrogen-bond donors (Lipinski definition) is 1. The van der Waals surface area contributed by atoms with Gasteiger partial charge in [0, 0.05) is 24.8 Å². The number of rotatable bonds is 11. The lowest BCUT2D eigenvalue weighted by molar-refractivity contribution is -0.150. The number of nitrogens with zero attached hydrogens (tertiary/aromatic N) is 3. The van der Waals surface area contributed by atoms with Gasteiger partial charge < -0.3 is 14.6 Å². The second-order valence-electron chi connectivity index (χ2n) is 8.14. The van der Waals surface area contributed by atoms with Crippen LogP contribution in [-0.4, -0.2) is 37.5 Å². The van der Waals surface area contributed by atoms with E-state index in [0.29, 0.717) is 11.6 Å². The summed E-state index contributed by atoms with van der Waals surface area (Å²) in [6.07, 6.45) is 4.80. The molecule has 0 bridgehead atoms. The lowest BCUT2D eigenvalue weighted by atomic mass is 10.0. The van der Waals surface area contributed by atoms with Crippen LogP contribution in [0.4, 0.5) is 0 Å². The third-order valence-electron chi connectivity index (χ3n) is 5.73. The van der Waals surface area contributed by atoms with Gasteiger partial charge in [0.2, 0.25) is 5.91 Å². The van der Waals surface area contributed by atoms with Crippen molar-refractivity contribution < 1.29 is 14.7 Å². The average Bonchev–Trinajstić information content (AvgIpc) is 3.17. The molecule has 0 radical (unpaired) electrons. The minimum atomic E-state index is -1.03. The number of carbonyl (C=O) groups is 2. The summed E-state index contributed by atoms with van der Waals surface area (Å²) < 4.78 is 2.06. The number of carboxylic acid groups (broad SMARTS) is 1. The van der Waals surface area contributed by atoms with E-state index < -0.39 is 12.0 Å². The zero-order valence-electron chi connectivity index (χ0n) is 19.1. The Morgan fingerprint density at radius 2 is 1.82 bits per heavy atom. The van der Waals surface area contributed by atoms with Crippen molar-refractivity contribution in [3.05, 3.63) is 88.5 Å². The third-order valence-corrected chi connectivity index (χ3v) is 6.10. The van der Waals surface area contributed by atoms with Crippen LogP contribution in [0.15, 0.2) is 60.8 Å². The Hall–Kier alpha value is -3.12. The fraction of sp³-hybridized carbons (Fsp3) is 0.346. The number of imidazole rings is 1. The monoisotopic (exact) mass is 467 g/mol. The number of hydrogen-bond acceptors (Lipinski definition) is 3. The lowest BCUT2D eigenvalue weighted by Gasteiger charge is -2.28. The predicted octanol–water partition coefficient (Wildman–Crippen LogP) is 4.97. The molecule has 0 aliphatic rings. The molecule has 1 atom stereocenters. The van der Waals surface area contributed by atoms with Crippen molar-refractivity contribution in [1.82, 2.24) is 14.5 Å². The molecule has 1 aromatic heterocycles. The SMILES string of the molecule is CCCCc1ncc(CN(C(C)=O)C(Cc2ccccc2)C(=O)O)n1Cc1ccccc1Cl. The number of unbranched alkanes of at least 4 members (excludes halogenated alkanes) is 1. The van der Waals surface area contributed by atoms with Crippen LogP contribution in [0.2, 0.25) is 5.02 Å². The van der Waals surface area contributed by atoms with Crippen LogP contribution in [-0.2, 0) is 35.5 Å². The number of amides is 1. The zero-order chi connectivity index (χ0) is 23.8. The number of aliphatic carboxylic acids is 1. The van der Waals surface area contributed by atoms with Gasteiger partial charge in [0.1, 0.15) is 11.9 Å². The Morgan fingerprint density at radius 3 is 2.45 bits per heavy atom. The Labute approximate surface area is 199 Å². The molecule has 0 saturated heterocycles. The van der Waals surface area contributed by atoms with Crippen molar-refractivity contribution >= 4 is 23.5 Å². The second-order valence-corrected chi connectivity index (χ2v) is 8.54. The first-order chi connectivity index (χ1) is 15.9. The van der Waals surface area contributed by atoms with Gasteiger partial charge in [-0.2, -0.15) is 0 Å². The van der Waals surface area contributed by atoms with E-state index in [9.17, 15) is 14.7 Å². The van der Waals surface area contributed by atoms with Crippen LogP contribution < -0.4 is 0 Å². The van der Waals surface area contributed by atoms with Crippen molar-refractivity contribution in [2.75, 3.05) is 0 Å². The highest BCUT2D eigenvalue weighted by molar-refractivity contribution is 6.31. The van der Waals surface area contributed by atoms with Gasteiger partial charge in [0.15, 0.2) is 0 Å². The van der Waals surface area contributed by atoms with Gasteiger partial charge in [0.25, 0.3) is 0 Å². The Balaban J connectivity index is 1.93. The van der Waals surface area contributed by atoms with Gasteiger partial charge in [-0.1, -0.05) is 73.5 Å². The summed E-state index contributed by atoms with van der Waals surface area (Å²) in [5, 5.41) is 10.6. The molecule has 7 heteroatoms. The highest BCUT2D eigenvalue weighted by atomic mass is 35.5. The number of carbonyl (C=O) groups excluding carboxylic acids is 1. The van der Waals surface area contributed by atoms with Gasteiger partial charge in [-0.3, -0.25) is 4.79 Å². The van der Waals surface area contributed by atoms with E-state index in [4.69, 9.17) is 11.6 Å². The highest BCUT2D eigenvalue weighted by Gasteiger charge is 2.29. The van der Waals surface area contributed by atoms with E-state index in [0.717, 1.165) is 41.9 Å². The van der Waals surface area contributed by atoms with E-state index in [1.807, 2.05) is 54.6 Å². The number of aromatic nitrogens is 2. The first-order valence-electron chi connectivity index (χ1n) is 11.2. The molecule has 0 fully saturated rings. The smallest absolute Gasteiger partial charge is 0.326 e. The van der Waals surface area contributed by atoms with E-state index in [1.165, 1.54) is 11.8 Å². The largest absolute Gasteiger partial charge is 0.480 e. The first kappa shape index (κ1) is 24.5. The average molecular weight is 468 g/mol. The zero-order valence-corrected chi connectivity index (χ0v) is 19.8. The number of benzene rings is 2. The van der Waals surface area contributed by atoms with E-state index in [-0.39, 0.29) is 18.9 Å². The molecule has 3 aromatic rings. The molecular weight excluding hydrogens is 438 g/mol. The summed E-state index contributed by atoms with van der Waals surface area (Å²) >= 11 is 6.41. The molecule has 1 heterocycles. The Bertz CT molecular complexity index is 1080. The molecule has 0 spiro atoms. The van der Waals surface area contributed by atoms with Crippen LogP contribution in [0.25, 0.3) is 0 Å². The van der Waals surface area contributed by atoms with Crippen LogP contribution >= 0.6 is 11.6 Å². The Kier molecular flexibility index (Phi) is 8.66. The van der Waals surface area contributed by atoms with Crippen molar-refractivity contribution in [2.24, 2.45) is 0 Å². The standard InChI is InChI=1S/C26H30ClN3O3/c1-3-4-14-25-28-16-22(30(25)17-21-12-8-9-13-23(21)27)18-29(19(2)31)24(26(32)33)15-20-10-6-5-7-11-20/h5-13,16,24H,3-4,14-15,17-18H2,1-2H3,(H,32,33). The van der Waals surface area contributed by atoms with Crippen LogP contribution in [0, 0.1) is 0 Å². The van der Waals surface area contributed by atoms with Crippen molar-refractivity contribution in [1.29, 1.82) is 0 Å². The molecule has 33 heavy (non-hydrogen) atoms. The maximum Gasteiger partial charge on any atom is 0.326 e. The van der Waals surface area contributed by atoms with Gasteiger partial charge in [-0.15, -0.1) is 0 Å². The summed E-state index contributed by atoms with van der Waals surface area (Å²) in [6.45, 7) is 4.20. The summed E-state index contributed by atoms with van der Waals surface area (Å²) in [4.78, 5) is 30.8. The molecule has 174 valence electrons. The van der Waals surface area contributed by atoms with E-state index >= 15 is 0 Å². The molecule has 0 aliphatic carbocycles. The second kappa shape index (κ2) is 11.7. The minimum absolute atomic E-state index is 0.155. The normalized spacial score (nSPS) is 11.8. The molecule has 3 rings (SSSR count). The van der Waals surface area contributed by atoms with Crippen molar-refractivity contribution in [3.8, 4) is 0 Å². The topological polar surface area (TPSA) is 75.4 Å². The van der Waals surface area contributed by atoms with E-state index in [2.05, 4.69) is 16.5 Å². The van der Waals surface area contributed by atoms with Gasteiger partial charge in [0.05, 0.1) is 25.0 Å². The highest BCUT2D eigenvalue weighted by Crippen LogP contribution is 2.21. The lowest BCUT2D eigenvalue weighted by Crippen LogP contribution is -2.45. The molecule has 6 nitrogen and oxygen atoms in total. The maximum absolute atomic E-state index is 12.6. The number of carboxylic acids is 1. The van der Waals surface area contributed by atoms with Gasteiger partial charge in [-0.25, -0.2) is 9.78 Å². The predicted molar refractivity (Wildman–Crippen MR) is 129 cm³/mol. The summed E-state index contributed by atoms with van der Waals surface area (Å²) in [5.41, 5.74) is 2.60. The third kappa shape index (κ3) is 6.45. The summed E-state index contributed by atoms with van der Waals surface area (Å²) in [7, 11) is 0. The first-order valence-corrected chi connectivity index (χ1v) is 11.6. The molecule has 1 unspecified atom stereocenters. The number of halogens is 1. The minimum Gasteiger partial charge on any atom is -0.480 e. The summed E-state index contributed by atoms with van der Waals surface area (Å²) in [6, 6.07) is 16.0. The van der Waals surface area contributed by atoms with Crippen LogP contribution in [0.5, 0.6) is 0 Å². The van der Waals surface area contributed by atoms with Crippen LogP contribution in [0.1, 0.15) is 49.3 Å². The fourth-order valence-electron chi connectivity index (χ4n) is 3.89. The van der Waals surface area contributed by atoms with Crippen molar-refractivity contribution in [3.63, 3.8) is 0 Å². The number of aryl methyl sites for hydroxylation is 1. The van der Waals surface area contributed by atoms with Crippen molar-refractivity contribution in [2.45, 2.75) is 58.7 Å². The molecule has 2 aromatic carbocycles. The molecule has 1 amide bonds. The maximum atomic E-state index is 12.6. The molecular formula is C26H30ClN3O3. The van der Waals surface area contributed by atoms with E-state index in [1.54, 1.807) is 6.20 Å². The van der Waals surface area contributed by atoms with Crippen LogP contribution in [0.3, 0.4) is 0 Å². The Morgan fingerprint density at radius 1 is 1.12 bits per heavy atom. The quantitative estimate of drug-likeness (QED) is 0.432. The van der Waals surface area contributed by atoms with Gasteiger partial charge in [-0.05, 0) is 23.6 Å². The molecule has 0 saturated carbocycles. The molecule has 0 aliphatic heterocycles. The summed E-state index contributed by atoms with van der Waals surface area (Å²) in [5.74, 6) is -0.415. The molecule has 1 N–H and O–H groups in total. The van der Waals surface area contributed by atoms with Gasteiger partial charge >= 0.3 is 5.97 Å². The fourth-order valence-corrected chi connectivity index (χ4v) is 4.08.